The molecule has 0 aromatic carbocycles. The normalized spacial score (nSPS) is 14.0. The van der Waals surface area contributed by atoms with Crippen molar-refractivity contribution in [1.29, 1.82) is 0 Å². The summed E-state index contributed by atoms with van der Waals surface area (Å²) in [6.07, 6.45) is 0. The first-order valence-electron chi connectivity index (χ1n) is 1.18. The molecule has 0 spiro atoms. The van der Waals surface area contributed by atoms with Gasteiger partial charge in [-0.05, 0) is 0 Å². The van der Waals surface area contributed by atoms with Crippen molar-refractivity contribution in [2.24, 2.45) is 0 Å². The molecule has 0 amide bonds. The first-order valence-corrected chi connectivity index (χ1v) is 3.55. The van der Waals surface area contributed by atoms with Gasteiger partial charge in [-0.1, -0.05) is 0 Å². The quantitative estimate of drug-likeness (QED) is 0.264. The van der Waals surface area contributed by atoms with E-state index in [9.17, 15) is 17.2 Å². The Hall–Kier alpha value is 0.980. The molecule has 0 aliphatic heterocycles. The van der Waals surface area contributed by atoms with Gasteiger partial charge in [-0.2, -0.15) is 12.0 Å². The molecule has 0 fully saturated rings. The van der Waals surface area contributed by atoms with Crippen molar-refractivity contribution >= 4 is 21.8 Å². The summed E-state index contributed by atoms with van der Waals surface area (Å²) in [5.74, 6) is 0. The second-order valence-electron chi connectivity index (χ2n) is 0.700. The van der Waals surface area contributed by atoms with Crippen molar-refractivity contribution in [1.82, 2.24) is 0 Å². The summed E-state index contributed by atoms with van der Waals surface area (Å²) in [5, 5.41) is 0. The minimum absolute atomic E-state index is 0. The van der Waals surface area contributed by atoms with Crippen molar-refractivity contribution in [2.75, 3.05) is 0 Å². The molecule has 1 unspecified atom stereocenters. The summed E-state index contributed by atoms with van der Waals surface area (Å²) in [6.45, 7) is 0. The van der Waals surface area contributed by atoms with Crippen molar-refractivity contribution < 1.29 is 54.9 Å². The van der Waals surface area contributed by atoms with E-state index in [0.717, 1.165) is 0 Å². The minimum Gasteiger partial charge on any atom is -0.749 e. The van der Waals surface area contributed by atoms with Crippen LogP contribution in [0.4, 0.5) is 0 Å². The molecule has 0 bridgehead atoms. The molecule has 9 heteroatoms. The van der Waals surface area contributed by atoms with Gasteiger partial charge < -0.3 is 4.55 Å². The third-order valence-corrected chi connectivity index (χ3v) is 1.27. The SMILES string of the molecule is O=S([O-])OS(=O)(=O)O.[Na+]. The van der Waals surface area contributed by atoms with Crippen LogP contribution in [-0.2, 0) is 25.4 Å². The largest absolute Gasteiger partial charge is 1.00 e. The average Bonchev–Trinajstić information content (AvgIpc) is 1.21. The van der Waals surface area contributed by atoms with E-state index in [4.69, 9.17) is 4.55 Å². The molecule has 0 aliphatic carbocycles. The van der Waals surface area contributed by atoms with Crippen LogP contribution in [0.5, 0.6) is 0 Å². The van der Waals surface area contributed by atoms with E-state index < -0.39 is 21.8 Å². The molecule has 9 heavy (non-hydrogen) atoms. The number of hydrogen-bond acceptors (Lipinski definition) is 5. The summed E-state index contributed by atoms with van der Waals surface area (Å²) in [7, 11) is -4.84. The number of rotatable bonds is 2. The van der Waals surface area contributed by atoms with E-state index >= 15 is 0 Å². The molecule has 0 heterocycles. The monoisotopic (exact) mass is 184 g/mol. The zero-order valence-corrected chi connectivity index (χ0v) is 7.94. The zero-order valence-electron chi connectivity index (χ0n) is 4.30. The van der Waals surface area contributed by atoms with Gasteiger partial charge in [0.05, 0.1) is 0 Å². The molecule has 1 N–H and O–H groups in total. The maximum atomic E-state index is 9.38. The average molecular weight is 184 g/mol. The van der Waals surface area contributed by atoms with Gasteiger partial charge in [0.1, 0.15) is 11.4 Å². The molecule has 1 atom stereocenters. The van der Waals surface area contributed by atoms with E-state index in [2.05, 4.69) is 3.63 Å². The van der Waals surface area contributed by atoms with E-state index in [1.165, 1.54) is 0 Å². The molecule has 0 aliphatic rings. The topological polar surface area (TPSA) is 104 Å². The van der Waals surface area contributed by atoms with Crippen LogP contribution >= 0.6 is 0 Å². The van der Waals surface area contributed by atoms with Crippen molar-refractivity contribution in [2.45, 2.75) is 0 Å². The Kier molecular flexibility index (Phi) is 6.66. The molecule has 0 saturated heterocycles. The second-order valence-corrected chi connectivity index (χ2v) is 2.51. The summed E-state index contributed by atoms with van der Waals surface area (Å²) in [6, 6.07) is 0. The van der Waals surface area contributed by atoms with Crippen LogP contribution in [-0.4, -0.2) is 21.7 Å². The Morgan fingerprint density at radius 3 is 1.89 bits per heavy atom. The van der Waals surface area contributed by atoms with Gasteiger partial charge in [-0.25, -0.2) is 4.21 Å². The van der Waals surface area contributed by atoms with Crippen LogP contribution < -0.4 is 29.6 Å². The molecular weight excluding hydrogens is 183 g/mol. The molecular formula is HNaO6S2. The molecule has 50 valence electrons. The van der Waals surface area contributed by atoms with E-state index in [-0.39, 0.29) is 29.6 Å². The van der Waals surface area contributed by atoms with Crippen molar-refractivity contribution in [3.8, 4) is 0 Å². The third-order valence-electron chi connectivity index (χ3n) is 0.142. The van der Waals surface area contributed by atoms with Gasteiger partial charge in [0.2, 0.25) is 0 Å². The van der Waals surface area contributed by atoms with E-state index in [0.29, 0.717) is 0 Å². The van der Waals surface area contributed by atoms with Crippen molar-refractivity contribution in [3.05, 3.63) is 0 Å². The third kappa shape index (κ3) is 12.2. The Morgan fingerprint density at radius 1 is 1.56 bits per heavy atom. The van der Waals surface area contributed by atoms with Gasteiger partial charge in [-0.3, -0.25) is 4.55 Å². The summed E-state index contributed by atoms with van der Waals surface area (Å²) >= 11 is -3.22. The van der Waals surface area contributed by atoms with Gasteiger partial charge in [0.15, 0.2) is 0 Å². The summed E-state index contributed by atoms with van der Waals surface area (Å²) < 4.78 is 47.7. The van der Waals surface area contributed by atoms with Crippen LogP contribution in [0.1, 0.15) is 0 Å². The fourth-order valence-corrected chi connectivity index (χ4v) is 0.632. The Labute approximate surface area is 76.3 Å². The van der Waals surface area contributed by atoms with Crippen LogP contribution in [0, 0.1) is 0 Å². The minimum atomic E-state index is -4.84. The Bertz CT molecular complexity index is 177. The van der Waals surface area contributed by atoms with Crippen molar-refractivity contribution in [3.63, 3.8) is 0 Å². The zero-order chi connectivity index (χ0) is 6.78. The number of hydrogen-bond donors (Lipinski definition) is 1. The van der Waals surface area contributed by atoms with Gasteiger partial charge in [0.25, 0.3) is 0 Å². The second kappa shape index (κ2) is 4.74. The first-order chi connectivity index (χ1) is 3.42. The maximum Gasteiger partial charge on any atom is 1.00 e. The van der Waals surface area contributed by atoms with E-state index in [1.54, 1.807) is 0 Å². The fraction of sp³-hybridized carbons (Fsp3) is 0. The first kappa shape index (κ1) is 12.6. The Balaban J connectivity index is 0. The predicted octanol–water partition coefficient (Wildman–Crippen LogP) is -4.40. The van der Waals surface area contributed by atoms with Crippen LogP contribution in [0.15, 0.2) is 0 Å². The summed E-state index contributed by atoms with van der Waals surface area (Å²) in [5.41, 5.74) is 0. The maximum absolute atomic E-state index is 9.38. The molecule has 0 radical (unpaired) electrons. The predicted molar refractivity (Wildman–Crippen MR) is 21.6 cm³/mol. The molecule has 0 saturated carbocycles. The van der Waals surface area contributed by atoms with Gasteiger partial charge in [-0.15, -0.1) is 0 Å². The van der Waals surface area contributed by atoms with E-state index in [1.807, 2.05) is 0 Å². The molecule has 0 aromatic heterocycles. The summed E-state index contributed by atoms with van der Waals surface area (Å²) in [4.78, 5) is 0. The molecule has 6 nitrogen and oxygen atoms in total. The van der Waals surface area contributed by atoms with Crippen LogP contribution in [0.25, 0.3) is 0 Å². The Morgan fingerprint density at radius 2 is 1.89 bits per heavy atom. The van der Waals surface area contributed by atoms with Gasteiger partial charge >= 0.3 is 40.0 Å². The fourth-order valence-electron chi connectivity index (χ4n) is 0.0702. The van der Waals surface area contributed by atoms with Crippen LogP contribution in [0.3, 0.4) is 0 Å². The molecule has 0 rings (SSSR count). The smallest absolute Gasteiger partial charge is 0.749 e. The molecule has 0 aromatic rings. The standard InChI is InChI=1S/Na.H2O6S2/c;1-7(2)6-8(3,4)5/h;(H,1,2)(H,3,4,5)/q+1;/p-1. The van der Waals surface area contributed by atoms with Gasteiger partial charge in [0, 0.05) is 0 Å². The van der Waals surface area contributed by atoms with Crippen LogP contribution in [0.2, 0.25) is 0 Å².